The predicted octanol–water partition coefficient (Wildman–Crippen LogP) is 0.697. The van der Waals surface area contributed by atoms with Crippen LogP contribution in [0.5, 0.6) is 0 Å². The Hall–Kier alpha value is -0.0800. The zero-order chi connectivity index (χ0) is 6.36. The minimum atomic E-state index is 1.00. The predicted molar refractivity (Wildman–Crippen MR) is 39.3 cm³/mol. The molecule has 0 aliphatic carbocycles. The molecule has 1 rings (SSSR count). The summed E-state index contributed by atoms with van der Waals surface area (Å²) in [6.45, 7) is 3.38. The third-order valence-electron chi connectivity index (χ3n) is 1.71. The maximum atomic E-state index is 3.32. The smallest absolute Gasteiger partial charge is 0.0454 e. The summed E-state index contributed by atoms with van der Waals surface area (Å²) in [5.41, 5.74) is 0. The van der Waals surface area contributed by atoms with Crippen molar-refractivity contribution in [2.45, 2.75) is 25.7 Å². The van der Waals surface area contributed by atoms with Gasteiger partial charge in [0.25, 0.3) is 0 Å². The van der Waals surface area contributed by atoms with E-state index in [-0.39, 0.29) is 0 Å². The van der Waals surface area contributed by atoms with Crippen molar-refractivity contribution in [2.75, 3.05) is 19.8 Å². The van der Waals surface area contributed by atoms with Gasteiger partial charge in [-0.3, -0.25) is 0 Å². The molecule has 1 aliphatic rings. The van der Waals surface area contributed by atoms with E-state index in [0.29, 0.717) is 0 Å². The molecular weight excluding hydrogens is 112 g/mol. The molecule has 0 spiro atoms. The van der Waals surface area contributed by atoms with Gasteiger partial charge in [-0.1, -0.05) is 12.8 Å². The normalized spacial score (nSPS) is 24.0. The third-order valence-corrected chi connectivity index (χ3v) is 1.71. The van der Waals surface area contributed by atoms with Crippen LogP contribution in [0.2, 0.25) is 0 Å². The van der Waals surface area contributed by atoms with Gasteiger partial charge in [-0.25, -0.2) is 0 Å². The first-order valence-electron chi connectivity index (χ1n) is 3.91. The molecular formula is C7H16N2. The van der Waals surface area contributed by atoms with E-state index in [9.17, 15) is 0 Å². The number of hydrogen-bond donors (Lipinski definition) is 2. The van der Waals surface area contributed by atoms with Gasteiger partial charge in [0.1, 0.15) is 0 Å². The summed E-state index contributed by atoms with van der Waals surface area (Å²) in [6.07, 6.45) is 5.49. The highest BCUT2D eigenvalue weighted by Gasteiger charge is 1.93. The second-order valence-electron chi connectivity index (χ2n) is 2.59. The summed E-state index contributed by atoms with van der Waals surface area (Å²) in [5.74, 6) is 0. The molecule has 2 nitrogen and oxygen atoms in total. The molecule has 2 N–H and O–H groups in total. The van der Waals surface area contributed by atoms with Crippen LogP contribution in [0.1, 0.15) is 25.7 Å². The summed E-state index contributed by atoms with van der Waals surface area (Å²) >= 11 is 0. The van der Waals surface area contributed by atoms with E-state index in [1.54, 1.807) is 0 Å². The Kier molecular flexibility index (Phi) is 3.72. The Morgan fingerprint density at radius 3 is 1.78 bits per heavy atom. The minimum absolute atomic E-state index is 1.00. The van der Waals surface area contributed by atoms with Crippen LogP contribution in [-0.2, 0) is 0 Å². The molecule has 0 atom stereocenters. The third kappa shape index (κ3) is 3.49. The van der Waals surface area contributed by atoms with Gasteiger partial charge in [0.05, 0.1) is 0 Å². The fourth-order valence-electron chi connectivity index (χ4n) is 1.12. The van der Waals surface area contributed by atoms with Crippen LogP contribution in [0.3, 0.4) is 0 Å². The van der Waals surface area contributed by atoms with Gasteiger partial charge in [0, 0.05) is 6.67 Å². The lowest BCUT2D eigenvalue weighted by Crippen LogP contribution is -2.29. The molecule has 0 unspecified atom stereocenters. The van der Waals surface area contributed by atoms with Crippen LogP contribution < -0.4 is 10.6 Å². The summed E-state index contributed by atoms with van der Waals surface area (Å²) in [5, 5.41) is 6.63. The first kappa shape index (κ1) is 7.03. The summed E-state index contributed by atoms with van der Waals surface area (Å²) in [6, 6.07) is 0. The molecule has 9 heavy (non-hydrogen) atoms. The Morgan fingerprint density at radius 1 is 0.667 bits per heavy atom. The van der Waals surface area contributed by atoms with Crippen LogP contribution in [-0.4, -0.2) is 19.8 Å². The largest absolute Gasteiger partial charge is 0.304 e. The fraction of sp³-hybridized carbons (Fsp3) is 1.00. The molecule has 1 aliphatic heterocycles. The van der Waals surface area contributed by atoms with Gasteiger partial charge < -0.3 is 10.6 Å². The van der Waals surface area contributed by atoms with Gasteiger partial charge in [0.2, 0.25) is 0 Å². The highest BCUT2D eigenvalue weighted by atomic mass is 15.0. The molecule has 0 saturated carbocycles. The van der Waals surface area contributed by atoms with Crippen molar-refractivity contribution in [3.63, 3.8) is 0 Å². The van der Waals surface area contributed by atoms with Gasteiger partial charge in [-0.05, 0) is 25.9 Å². The first-order chi connectivity index (χ1) is 4.50. The van der Waals surface area contributed by atoms with Crippen molar-refractivity contribution in [2.24, 2.45) is 0 Å². The molecule has 54 valence electrons. The van der Waals surface area contributed by atoms with Crippen molar-refractivity contribution in [3.05, 3.63) is 0 Å². The van der Waals surface area contributed by atoms with Crippen LogP contribution in [0.4, 0.5) is 0 Å². The van der Waals surface area contributed by atoms with E-state index in [2.05, 4.69) is 10.6 Å². The highest BCUT2D eigenvalue weighted by Crippen LogP contribution is 1.98. The molecule has 1 saturated heterocycles. The zero-order valence-electron chi connectivity index (χ0n) is 5.95. The second kappa shape index (κ2) is 4.77. The van der Waals surface area contributed by atoms with E-state index in [4.69, 9.17) is 0 Å². The first-order valence-corrected chi connectivity index (χ1v) is 3.91. The van der Waals surface area contributed by atoms with Crippen molar-refractivity contribution >= 4 is 0 Å². The lowest BCUT2D eigenvalue weighted by atomic mass is 10.2. The lowest BCUT2D eigenvalue weighted by Gasteiger charge is -2.00. The van der Waals surface area contributed by atoms with Gasteiger partial charge >= 0.3 is 0 Å². The molecule has 1 fully saturated rings. The Morgan fingerprint density at radius 2 is 1.22 bits per heavy atom. The SMILES string of the molecule is C1CCCNCNCC1. The zero-order valence-corrected chi connectivity index (χ0v) is 5.95. The average molecular weight is 128 g/mol. The molecule has 0 amide bonds. The van der Waals surface area contributed by atoms with Crippen LogP contribution >= 0.6 is 0 Å². The van der Waals surface area contributed by atoms with Crippen molar-refractivity contribution in [1.29, 1.82) is 0 Å². The van der Waals surface area contributed by atoms with E-state index < -0.39 is 0 Å². The van der Waals surface area contributed by atoms with Gasteiger partial charge in [-0.15, -0.1) is 0 Å². The van der Waals surface area contributed by atoms with E-state index in [1.807, 2.05) is 0 Å². The maximum Gasteiger partial charge on any atom is 0.0454 e. The molecule has 0 radical (unpaired) electrons. The maximum absolute atomic E-state index is 3.32. The number of nitrogens with one attached hydrogen (secondary N) is 2. The minimum Gasteiger partial charge on any atom is -0.304 e. The second-order valence-corrected chi connectivity index (χ2v) is 2.59. The van der Waals surface area contributed by atoms with E-state index in [0.717, 1.165) is 6.67 Å². The summed E-state index contributed by atoms with van der Waals surface area (Å²) < 4.78 is 0. The van der Waals surface area contributed by atoms with E-state index >= 15 is 0 Å². The molecule has 0 aromatic carbocycles. The molecule has 0 aromatic rings. The topological polar surface area (TPSA) is 24.1 Å². The lowest BCUT2D eigenvalue weighted by molar-refractivity contribution is 0.592. The van der Waals surface area contributed by atoms with E-state index in [1.165, 1.54) is 38.8 Å². The van der Waals surface area contributed by atoms with Gasteiger partial charge in [-0.2, -0.15) is 0 Å². The molecule has 0 aromatic heterocycles. The van der Waals surface area contributed by atoms with Crippen molar-refractivity contribution < 1.29 is 0 Å². The van der Waals surface area contributed by atoms with Crippen molar-refractivity contribution in [1.82, 2.24) is 10.6 Å². The molecule has 2 heteroatoms. The number of rotatable bonds is 0. The molecule has 0 bridgehead atoms. The Labute approximate surface area is 57.0 Å². The van der Waals surface area contributed by atoms with Crippen LogP contribution in [0, 0.1) is 0 Å². The van der Waals surface area contributed by atoms with Gasteiger partial charge in [0.15, 0.2) is 0 Å². The monoisotopic (exact) mass is 128 g/mol. The van der Waals surface area contributed by atoms with Crippen LogP contribution in [0.15, 0.2) is 0 Å². The quantitative estimate of drug-likeness (QED) is 0.502. The van der Waals surface area contributed by atoms with Crippen LogP contribution in [0.25, 0.3) is 0 Å². The Balaban J connectivity index is 2.02. The average Bonchev–Trinajstić information content (AvgIpc) is 2.00. The summed E-state index contributed by atoms with van der Waals surface area (Å²) in [4.78, 5) is 0. The highest BCUT2D eigenvalue weighted by molar-refractivity contribution is 4.53. The summed E-state index contributed by atoms with van der Waals surface area (Å²) in [7, 11) is 0. The standard InChI is InChI=1S/C7H16N2/c1-2-4-6-9-7-8-5-3-1/h8-9H,1-7H2. The fourth-order valence-corrected chi connectivity index (χ4v) is 1.12. The Bertz CT molecular complexity index is 35.4. The number of hydrogen-bond acceptors (Lipinski definition) is 2. The van der Waals surface area contributed by atoms with Crippen molar-refractivity contribution in [3.8, 4) is 0 Å². The molecule has 1 heterocycles.